The van der Waals surface area contributed by atoms with E-state index < -0.39 is 0 Å². The van der Waals surface area contributed by atoms with Crippen LogP contribution in [-0.2, 0) is 38.8 Å². The van der Waals surface area contributed by atoms with Gasteiger partial charge in [0.15, 0.2) is 0 Å². The molecule has 1 heterocycles. The molecule has 5 aromatic carbocycles. The second-order valence-corrected chi connectivity index (χ2v) is 11.8. The average molecular weight is 577 g/mol. The number of hydrogen-bond acceptors (Lipinski definition) is 5. The minimum atomic E-state index is -0.373. The lowest BCUT2D eigenvalue weighted by Crippen LogP contribution is -2.58. The minimum Gasteiger partial charge on any atom is -0.368 e. The Morgan fingerprint density at radius 2 is 1.05 bits per heavy atom. The molecule has 0 aromatic heterocycles. The third-order valence-corrected chi connectivity index (χ3v) is 8.71. The van der Waals surface area contributed by atoms with Crippen molar-refractivity contribution in [3.63, 3.8) is 0 Å². The molecule has 0 unspecified atom stereocenters. The van der Waals surface area contributed by atoms with Crippen LogP contribution in [0.25, 0.3) is 10.8 Å². The molecule has 0 aliphatic carbocycles. The van der Waals surface area contributed by atoms with Crippen molar-refractivity contribution in [3.8, 4) is 0 Å². The summed E-state index contributed by atoms with van der Waals surface area (Å²) in [6, 6.07) is 45.7. The summed E-state index contributed by atoms with van der Waals surface area (Å²) in [6.45, 7) is 3.45. The van der Waals surface area contributed by atoms with Gasteiger partial charge in [0.05, 0.1) is 25.9 Å². The van der Waals surface area contributed by atoms with Crippen LogP contribution in [0.15, 0.2) is 138 Å². The normalized spacial score (nSPS) is 22.3. The molecule has 42 heavy (non-hydrogen) atoms. The highest BCUT2D eigenvalue weighted by molar-refractivity contribution is 7.99. The topological polar surface area (TPSA) is 36.9 Å². The second-order valence-electron chi connectivity index (χ2n) is 10.6. The highest BCUT2D eigenvalue weighted by Gasteiger charge is 2.47. The third-order valence-electron chi connectivity index (χ3n) is 7.55. The molecule has 1 aliphatic heterocycles. The number of benzene rings is 5. The van der Waals surface area contributed by atoms with Gasteiger partial charge in [0, 0.05) is 4.90 Å². The van der Waals surface area contributed by atoms with Gasteiger partial charge >= 0.3 is 0 Å². The highest BCUT2D eigenvalue weighted by atomic mass is 32.2. The van der Waals surface area contributed by atoms with Crippen LogP contribution in [0.5, 0.6) is 0 Å². The van der Waals surface area contributed by atoms with Gasteiger partial charge in [-0.1, -0.05) is 127 Å². The molecule has 1 aliphatic rings. The van der Waals surface area contributed by atoms with Crippen molar-refractivity contribution >= 4 is 22.5 Å². The molecule has 5 aromatic rings. The van der Waals surface area contributed by atoms with Gasteiger partial charge in [0.25, 0.3) is 0 Å². The van der Waals surface area contributed by atoms with E-state index in [9.17, 15) is 0 Å². The SMILES string of the molecule is C[C@@H]1O[C@H](Sc2ccccc2)[C@@H](OCc2ccc3ccccc3c2)[C@H](OCc2ccccc2)[C@@H]1OCc1ccccc1. The molecule has 1 fully saturated rings. The molecule has 5 atom stereocenters. The number of hydrogen-bond donors (Lipinski definition) is 0. The molecule has 0 bridgehead atoms. The monoisotopic (exact) mass is 576 g/mol. The predicted molar refractivity (Wildman–Crippen MR) is 169 cm³/mol. The summed E-state index contributed by atoms with van der Waals surface area (Å²) < 4.78 is 26.8. The van der Waals surface area contributed by atoms with Crippen LogP contribution in [0.2, 0.25) is 0 Å². The maximum atomic E-state index is 6.78. The van der Waals surface area contributed by atoms with E-state index >= 15 is 0 Å². The summed E-state index contributed by atoms with van der Waals surface area (Å²) in [6.07, 6.45) is -1.24. The Labute approximate surface area is 252 Å². The Morgan fingerprint density at radius 3 is 1.71 bits per heavy atom. The molecule has 0 spiro atoms. The van der Waals surface area contributed by atoms with Crippen LogP contribution in [0.1, 0.15) is 23.6 Å². The first-order valence-corrected chi connectivity index (χ1v) is 15.4. The number of rotatable bonds is 11. The van der Waals surface area contributed by atoms with Crippen molar-refractivity contribution in [2.24, 2.45) is 0 Å². The van der Waals surface area contributed by atoms with Crippen molar-refractivity contribution in [1.29, 1.82) is 0 Å². The molecule has 4 nitrogen and oxygen atoms in total. The molecule has 0 amide bonds. The van der Waals surface area contributed by atoms with Crippen LogP contribution in [0.4, 0.5) is 0 Å². The first kappa shape index (κ1) is 28.7. The summed E-state index contributed by atoms with van der Waals surface area (Å²) in [5, 5.41) is 2.41. The molecule has 0 radical (unpaired) electrons. The van der Waals surface area contributed by atoms with E-state index in [2.05, 4.69) is 97.9 Å². The van der Waals surface area contributed by atoms with E-state index in [4.69, 9.17) is 18.9 Å². The zero-order valence-corrected chi connectivity index (χ0v) is 24.6. The van der Waals surface area contributed by atoms with Crippen LogP contribution >= 0.6 is 11.8 Å². The average Bonchev–Trinajstić information content (AvgIpc) is 3.04. The lowest BCUT2D eigenvalue weighted by molar-refractivity contribution is -0.242. The van der Waals surface area contributed by atoms with Gasteiger partial charge in [-0.05, 0) is 52.6 Å². The zero-order chi connectivity index (χ0) is 28.6. The fourth-order valence-corrected chi connectivity index (χ4v) is 6.53. The lowest BCUT2D eigenvalue weighted by atomic mass is 9.99. The summed E-state index contributed by atoms with van der Waals surface area (Å²) in [7, 11) is 0. The van der Waals surface area contributed by atoms with Gasteiger partial charge in [0.2, 0.25) is 0 Å². The second kappa shape index (κ2) is 14.1. The molecule has 6 rings (SSSR count). The smallest absolute Gasteiger partial charge is 0.136 e. The quantitative estimate of drug-likeness (QED) is 0.158. The lowest BCUT2D eigenvalue weighted by Gasteiger charge is -2.45. The van der Waals surface area contributed by atoms with Crippen molar-refractivity contribution in [1.82, 2.24) is 0 Å². The van der Waals surface area contributed by atoms with Crippen molar-refractivity contribution in [3.05, 3.63) is 150 Å². The van der Waals surface area contributed by atoms with E-state index in [0.717, 1.165) is 21.6 Å². The molecule has 1 saturated heterocycles. The summed E-state index contributed by atoms with van der Waals surface area (Å²) >= 11 is 1.67. The minimum absolute atomic E-state index is 0.198. The Morgan fingerprint density at radius 1 is 0.524 bits per heavy atom. The molecular formula is C37H36O4S. The maximum Gasteiger partial charge on any atom is 0.136 e. The van der Waals surface area contributed by atoms with Gasteiger partial charge in [-0.15, -0.1) is 0 Å². The Hall–Kier alpha value is -3.45. The molecule has 5 heteroatoms. The zero-order valence-electron chi connectivity index (χ0n) is 23.8. The molecule has 0 N–H and O–H groups in total. The summed E-state index contributed by atoms with van der Waals surface area (Å²) in [5.74, 6) is 0. The molecular weight excluding hydrogens is 540 g/mol. The summed E-state index contributed by atoms with van der Waals surface area (Å²) in [4.78, 5) is 1.12. The van der Waals surface area contributed by atoms with Crippen LogP contribution in [0, 0.1) is 0 Å². The van der Waals surface area contributed by atoms with Gasteiger partial charge < -0.3 is 18.9 Å². The van der Waals surface area contributed by atoms with Crippen molar-refractivity contribution in [2.45, 2.75) is 61.5 Å². The Balaban J connectivity index is 1.29. The van der Waals surface area contributed by atoms with E-state index in [0.29, 0.717) is 19.8 Å². The van der Waals surface area contributed by atoms with Crippen molar-refractivity contribution in [2.75, 3.05) is 0 Å². The van der Waals surface area contributed by atoms with Crippen LogP contribution in [-0.4, -0.2) is 29.9 Å². The van der Waals surface area contributed by atoms with Gasteiger partial charge in [-0.25, -0.2) is 0 Å². The van der Waals surface area contributed by atoms with Crippen molar-refractivity contribution < 1.29 is 18.9 Å². The van der Waals surface area contributed by atoms with Crippen LogP contribution in [0.3, 0.4) is 0 Å². The largest absolute Gasteiger partial charge is 0.368 e. The van der Waals surface area contributed by atoms with Gasteiger partial charge in [-0.2, -0.15) is 0 Å². The molecule has 0 saturated carbocycles. The highest BCUT2D eigenvalue weighted by Crippen LogP contribution is 2.38. The fourth-order valence-electron chi connectivity index (χ4n) is 5.35. The maximum absolute atomic E-state index is 6.78. The van der Waals surface area contributed by atoms with E-state index in [-0.39, 0.29) is 29.9 Å². The standard InChI is InChI=1S/C37H36O4S/c1-27-34(38-24-28-13-5-2-6-14-28)35(39-25-29-15-7-3-8-16-29)36(37(41-27)42-33-19-9-4-10-20-33)40-26-30-21-22-31-17-11-12-18-32(31)23-30/h2-23,27,34-37H,24-26H2,1H3/t27-,34+,35+,36-,37+/m0/s1. The number of fused-ring (bicyclic) bond motifs is 1. The van der Waals surface area contributed by atoms with Gasteiger partial charge in [0.1, 0.15) is 23.7 Å². The van der Waals surface area contributed by atoms with Crippen LogP contribution < -0.4 is 0 Å². The fraction of sp³-hybridized carbons (Fsp3) is 0.243. The number of ether oxygens (including phenoxy) is 4. The third kappa shape index (κ3) is 7.30. The first-order chi connectivity index (χ1) is 20.7. The van der Waals surface area contributed by atoms with E-state index in [1.807, 2.05) is 42.5 Å². The first-order valence-electron chi connectivity index (χ1n) is 14.5. The summed E-state index contributed by atoms with van der Waals surface area (Å²) in [5.41, 5.74) is 3.06. The van der Waals surface area contributed by atoms with Gasteiger partial charge in [-0.3, -0.25) is 0 Å². The number of thioether (sulfide) groups is 1. The van der Waals surface area contributed by atoms with E-state index in [1.54, 1.807) is 11.8 Å². The Bertz CT molecular complexity index is 1530. The molecule has 214 valence electrons. The Kier molecular flexibility index (Phi) is 9.65. The predicted octanol–water partition coefficient (Wildman–Crippen LogP) is 8.43. The van der Waals surface area contributed by atoms with E-state index in [1.165, 1.54) is 10.8 Å².